The summed E-state index contributed by atoms with van der Waals surface area (Å²) in [4.78, 5) is 21.2. The number of nitrogens with one attached hydrogen (secondary N) is 1. The van der Waals surface area contributed by atoms with Crippen LogP contribution in [0.25, 0.3) is 22.0 Å². The molecule has 4 aromatic heterocycles. The Labute approximate surface area is 180 Å². The van der Waals surface area contributed by atoms with Crippen LogP contribution in [0.4, 0.5) is 0 Å². The average Bonchev–Trinajstić information content (AvgIpc) is 3.55. The van der Waals surface area contributed by atoms with Gasteiger partial charge in [0.05, 0.1) is 35.0 Å². The lowest BCUT2D eigenvalue weighted by molar-refractivity contribution is 0.0989. The van der Waals surface area contributed by atoms with Crippen molar-refractivity contribution < 1.29 is 4.79 Å². The summed E-state index contributed by atoms with van der Waals surface area (Å²) < 4.78 is 1.77. The van der Waals surface area contributed by atoms with E-state index in [0.717, 1.165) is 33.3 Å². The van der Waals surface area contributed by atoms with Crippen LogP contribution in [0, 0.1) is 11.3 Å². The van der Waals surface area contributed by atoms with Crippen molar-refractivity contribution in [1.29, 1.82) is 5.26 Å². The quantitative estimate of drug-likeness (QED) is 0.416. The zero-order valence-electron chi connectivity index (χ0n) is 16.2. The summed E-state index contributed by atoms with van der Waals surface area (Å²) in [6, 6.07) is 9.55. The number of fused-ring (bicyclic) bond motifs is 1. The molecule has 8 nitrogen and oxygen atoms in total. The minimum Gasteiger partial charge on any atom is -0.292 e. The van der Waals surface area contributed by atoms with E-state index < -0.39 is 0 Å². The first-order valence-electron chi connectivity index (χ1n) is 9.45. The molecule has 0 unspecified atom stereocenters. The van der Waals surface area contributed by atoms with E-state index in [1.165, 1.54) is 6.20 Å². The average molecular weight is 425 g/mol. The molecule has 150 valence electrons. The second kappa shape index (κ2) is 7.93. The number of carbonyl (C=O) groups excluding carboxylic acids is 1. The highest BCUT2D eigenvalue weighted by atomic mass is 32.1. The van der Waals surface area contributed by atoms with Gasteiger partial charge in [-0.15, -0.1) is 11.3 Å². The highest BCUT2D eigenvalue weighted by molar-refractivity contribution is 7.07. The smallest absolute Gasteiger partial charge is 0.188 e. The lowest BCUT2D eigenvalue weighted by Gasteiger charge is -2.02. The number of Topliss-reactive ketones (excluding diaryl/α,β-unsaturated/α-hetero) is 1. The zero-order chi connectivity index (χ0) is 21.2. The van der Waals surface area contributed by atoms with Crippen molar-refractivity contribution in [1.82, 2.24) is 29.9 Å². The van der Waals surface area contributed by atoms with Crippen molar-refractivity contribution in [2.75, 3.05) is 0 Å². The van der Waals surface area contributed by atoms with Crippen LogP contribution in [-0.4, -0.2) is 35.7 Å². The van der Waals surface area contributed by atoms with E-state index in [1.807, 2.05) is 29.8 Å². The first-order chi connectivity index (χ1) is 15.2. The fraction of sp³-hybridized carbons (Fsp3) is 0.0909. The number of hydrogen-bond donors (Lipinski definition) is 1. The lowest BCUT2D eigenvalue weighted by Crippen LogP contribution is -2.04. The number of aromatic amines is 1. The topological polar surface area (TPSA) is 113 Å². The summed E-state index contributed by atoms with van der Waals surface area (Å²) in [5, 5.41) is 23.3. The molecule has 5 aromatic rings. The molecule has 0 amide bonds. The van der Waals surface area contributed by atoms with Gasteiger partial charge in [0.25, 0.3) is 0 Å². The number of ketones is 1. The second-order valence-electron chi connectivity index (χ2n) is 7.03. The van der Waals surface area contributed by atoms with Crippen LogP contribution >= 0.6 is 11.3 Å². The van der Waals surface area contributed by atoms with Crippen molar-refractivity contribution in [3.63, 3.8) is 0 Å². The third-order valence-electron chi connectivity index (χ3n) is 4.89. The third-order valence-corrected chi connectivity index (χ3v) is 5.52. The van der Waals surface area contributed by atoms with Gasteiger partial charge in [-0.3, -0.25) is 19.6 Å². The van der Waals surface area contributed by atoms with Crippen LogP contribution in [0.2, 0.25) is 0 Å². The van der Waals surface area contributed by atoms with Crippen LogP contribution in [0.15, 0.2) is 59.9 Å². The van der Waals surface area contributed by atoms with Gasteiger partial charge in [0.2, 0.25) is 0 Å². The number of thiazole rings is 1. The molecule has 1 N–H and O–H groups in total. The first kappa shape index (κ1) is 18.8. The van der Waals surface area contributed by atoms with Gasteiger partial charge in [-0.2, -0.15) is 15.5 Å². The molecule has 0 radical (unpaired) electrons. The molecule has 0 bridgehead atoms. The fourth-order valence-electron chi connectivity index (χ4n) is 3.41. The minimum absolute atomic E-state index is 0.0830. The van der Waals surface area contributed by atoms with Crippen LogP contribution in [-0.2, 0) is 13.0 Å². The number of H-pyrrole nitrogens is 1. The van der Waals surface area contributed by atoms with Gasteiger partial charge in [0, 0.05) is 41.3 Å². The maximum atomic E-state index is 12.9. The number of hydrogen-bond acceptors (Lipinski definition) is 7. The van der Waals surface area contributed by atoms with Crippen molar-refractivity contribution in [2.24, 2.45) is 0 Å². The van der Waals surface area contributed by atoms with Crippen LogP contribution in [0.1, 0.15) is 27.3 Å². The van der Waals surface area contributed by atoms with Crippen LogP contribution in [0.3, 0.4) is 0 Å². The molecule has 5 rings (SSSR count). The summed E-state index contributed by atoms with van der Waals surface area (Å²) >= 11 is 1.54. The zero-order valence-corrected chi connectivity index (χ0v) is 17.0. The molecule has 0 atom stereocenters. The van der Waals surface area contributed by atoms with Gasteiger partial charge in [0.1, 0.15) is 11.8 Å². The Morgan fingerprint density at radius 1 is 1.19 bits per heavy atom. The van der Waals surface area contributed by atoms with Gasteiger partial charge < -0.3 is 0 Å². The van der Waals surface area contributed by atoms with E-state index in [0.29, 0.717) is 17.8 Å². The number of nitriles is 1. The molecular weight excluding hydrogens is 410 g/mol. The molecule has 31 heavy (non-hydrogen) atoms. The van der Waals surface area contributed by atoms with Gasteiger partial charge in [-0.1, -0.05) is 6.07 Å². The van der Waals surface area contributed by atoms with E-state index >= 15 is 0 Å². The Morgan fingerprint density at radius 3 is 2.97 bits per heavy atom. The molecule has 0 aliphatic carbocycles. The molecule has 0 aliphatic heterocycles. The van der Waals surface area contributed by atoms with Crippen molar-refractivity contribution in [2.45, 2.75) is 13.0 Å². The molecule has 0 aliphatic rings. The van der Waals surface area contributed by atoms with Crippen LogP contribution < -0.4 is 0 Å². The Kier molecular flexibility index (Phi) is 4.82. The van der Waals surface area contributed by atoms with Gasteiger partial charge in [-0.25, -0.2) is 4.98 Å². The number of benzene rings is 1. The summed E-state index contributed by atoms with van der Waals surface area (Å²) in [5.74, 6) is -0.0830. The second-order valence-corrected chi connectivity index (χ2v) is 7.75. The minimum atomic E-state index is -0.0830. The molecule has 4 heterocycles. The monoisotopic (exact) mass is 425 g/mol. The maximum Gasteiger partial charge on any atom is 0.188 e. The third kappa shape index (κ3) is 3.84. The largest absolute Gasteiger partial charge is 0.292 e. The number of rotatable bonds is 6. The molecular formula is C22H15N7OS. The van der Waals surface area contributed by atoms with Gasteiger partial charge in [0.15, 0.2) is 5.78 Å². The predicted molar refractivity (Wildman–Crippen MR) is 116 cm³/mol. The Morgan fingerprint density at radius 2 is 2.13 bits per heavy atom. The number of pyridine rings is 1. The SMILES string of the molecule is N#Cc1cncc(-c2ccc3c(C(=O)Cc4cnn(Cc5cscn5)c4)n[nH]c3c2)c1. The normalized spacial score (nSPS) is 10.9. The van der Waals surface area contributed by atoms with E-state index in [1.54, 1.807) is 40.0 Å². The number of aromatic nitrogens is 6. The molecule has 0 spiro atoms. The van der Waals surface area contributed by atoms with E-state index in [-0.39, 0.29) is 12.2 Å². The molecule has 1 aromatic carbocycles. The summed E-state index contributed by atoms with van der Waals surface area (Å²) in [7, 11) is 0. The fourth-order valence-corrected chi connectivity index (χ4v) is 3.96. The summed E-state index contributed by atoms with van der Waals surface area (Å²) in [5.41, 5.74) is 6.92. The molecule has 0 saturated carbocycles. The first-order valence-corrected chi connectivity index (χ1v) is 10.4. The molecule has 0 fully saturated rings. The van der Waals surface area contributed by atoms with Gasteiger partial charge >= 0.3 is 0 Å². The molecule has 9 heteroatoms. The van der Waals surface area contributed by atoms with E-state index in [2.05, 4.69) is 31.3 Å². The summed E-state index contributed by atoms with van der Waals surface area (Å²) in [6.45, 7) is 0.577. The Hall–Kier alpha value is -4.16. The Balaban J connectivity index is 1.36. The van der Waals surface area contributed by atoms with E-state index in [9.17, 15) is 4.79 Å². The number of nitrogens with zero attached hydrogens (tertiary/aromatic N) is 6. The van der Waals surface area contributed by atoms with Crippen molar-refractivity contribution in [3.8, 4) is 17.2 Å². The van der Waals surface area contributed by atoms with E-state index in [4.69, 9.17) is 5.26 Å². The number of carbonyl (C=O) groups is 1. The van der Waals surface area contributed by atoms with Crippen LogP contribution in [0.5, 0.6) is 0 Å². The molecule has 0 saturated heterocycles. The highest BCUT2D eigenvalue weighted by Crippen LogP contribution is 2.25. The van der Waals surface area contributed by atoms with Crippen molar-refractivity contribution in [3.05, 3.63) is 82.5 Å². The van der Waals surface area contributed by atoms with Crippen molar-refractivity contribution >= 4 is 28.0 Å². The summed E-state index contributed by atoms with van der Waals surface area (Å²) in [6.07, 6.45) is 7.00. The van der Waals surface area contributed by atoms with Gasteiger partial charge in [-0.05, 0) is 29.3 Å². The predicted octanol–water partition coefficient (Wildman–Crippen LogP) is 3.62. The highest BCUT2D eigenvalue weighted by Gasteiger charge is 2.16. The Bertz CT molecular complexity index is 1430. The lowest BCUT2D eigenvalue weighted by atomic mass is 10.0. The standard InChI is InChI=1S/C22H15N7OS/c23-6-14-3-17(9-24-7-14)16-1-2-19-20(5-16)27-28-22(19)21(30)4-15-8-26-29(10-15)11-18-12-31-13-25-18/h1-3,5,7-10,12-13H,4,11H2,(H,27,28). The maximum absolute atomic E-state index is 12.9.